The molecule has 0 bridgehead atoms. The molecule has 0 aliphatic heterocycles. The summed E-state index contributed by atoms with van der Waals surface area (Å²) in [6.45, 7) is 0.584. The monoisotopic (exact) mass is 263 g/mol. The summed E-state index contributed by atoms with van der Waals surface area (Å²) >= 11 is 0. The second-order valence-electron chi connectivity index (χ2n) is 3.94. The number of carbonyl (C=O) groups is 1. The summed E-state index contributed by atoms with van der Waals surface area (Å²) in [5, 5.41) is 2.59. The van der Waals surface area contributed by atoms with Gasteiger partial charge in [0.1, 0.15) is 5.82 Å². The van der Waals surface area contributed by atoms with E-state index in [-0.39, 0.29) is 12.4 Å². The van der Waals surface area contributed by atoms with Gasteiger partial charge in [0.2, 0.25) is 0 Å². The van der Waals surface area contributed by atoms with Crippen molar-refractivity contribution in [1.29, 1.82) is 0 Å². The van der Waals surface area contributed by atoms with Crippen LogP contribution in [0.4, 0.5) is 9.18 Å². The SMILES string of the molecule is O=C(NCc1ccc(F)cc1)OCCc1cnc[nH]1. The lowest BCUT2D eigenvalue weighted by atomic mass is 10.2. The van der Waals surface area contributed by atoms with Crippen LogP contribution in [0.25, 0.3) is 0 Å². The van der Waals surface area contributed by atoms with Crippen molar-refractivity contribution in [3.05, 3.63) is 53.9 Å². The predicted octanol–water partition coefficient (Wildman–Crippen LogP) is 2.02. The van der Waals surface area contributed by atoms with Crippen molar-refractivity contribution in [1.82, 2.24) is 15.3 Å². The lowest BCUT2D eigenvalue weighted by Crippen LogP contribution is -2.24. The van der Waals surface area contributed by atoms with Crippen molar-refractivity contribution in [3.8, 4) is 0 Å². The third-order valence-electron chi connectivity index (χ3n) is 2.51. The van der Waals surface area contributed by atoms with Crippen LogP contribution in [0, 0.1) is 5.82 Å². The van der Waals surface area contributed by atoms with Crippen molar-refractivity contribution in [2.75, 3.05) is 6.61 Å². The normalized spacial score (nSPS) is 10.2. The maximum atomic E-state index is 12.7. The van der Waals surface area contributed by atoms with E-state index in [0.29, 0.717) is 13.0 Å². The van der Waals surface area contributed by atoms with E-state index in [1.54, 1.807) is 24.7 Å². The van der Waals surface area contributed by atoms with Gasteiger partial charge in [-0.05, 0) is 17.7 Å². The molecule has 19 heavy (non-hydrogen) atoms. The van der Waals surface area contributed by atoms with Gasteiger partial charge in [-0.1, -0.05) is 12.1 Å². The highest BCUT2D eigenvalue weighted by Gasteiger charge is 2.02. The number of nitrogens with zero attached hydrogens (tertiary/aromatic N) is 1. The van der Waals surface area contributed by atoms with Crippen molar-refractivity contribution in [3.63, 3.8) is 0 Å². The van der Waals surface area contributed by atoms with Crippen LogP contribution in [0.15, 0.2) is 36.8 Å². The Bertz CT molecular complexity index is 511. The number of H-pyrrole nitrogens is 1. The molecule has 2 N–H and O–H groups in total. The fraction of sp³-hybridized carbons (Fsp3) is 0.231. The molecule has 1 aromatic heterocycles. The highest BCUT2D eigenvalue weighted by molar-refractivity contribution is 5.67. The van der Waals surface area contributed by atoms with E-state index in [1.165, 1.54) is 12.1 Å². The smallest absolute Gasteiger partial charge is 0.407 e. The molecular formula is C13H14FN3O2. The second-order valence-corrected chi connectivity index (χ2v) is 3.94. The fourth-order valence-electron chi connectivity index (χ4n) is 1.50. The summed E-state index contributed by atoms with van der Waals surface area (Å²) in [6, 6.07) is 5.92. The fourth-order valence-corrected chi connectivity index (χ4v) is 1.50. The number of benzene rings is 1. The largest absolute Gasteiger partial charge is 0.449 e. The maximum Gasteiger partial charge on any atom is 0.407 e. The summed E-state index contributed by atoms with van der Waals surface area (Å²) < 4.78 is 17.7. The lowest BCUT2D eigenvalue weighted by Gasteiger charge is -2.06. The number of amides is 1. The van der Waals surface area contributed by atoms with Crippen LogP contribution in [0.5, 0.6) is 0 Å². The molecule has 0 unspecified atom stereocenters. The van der Waals surface area contributed by atoms with Gasteiger partial charge < -0.3 is 15.0 Å². The van der Waals surface area contributed by atoms with Crippen LogP contribution in [0.2, 0.25) is 0 Å². The molecule has 100 valence electrons. The molecule has 0 radical (unpaired) electrons. The Morgan fingerprint density at radius 1 is 1.37 bits per heavy atom. The van der Waals surface area contributed by atoms with Crippen LogP contribution in [-0.2, 0) is 17.7 Å². The second kappa shape index (κ2) is 6.53. The van der Waals surface area contributed by atoms with Crippen LogP contribution in [-0.4, -0.2) is 22.7 Å². The van der Waals surface area contributed by atoms with Gasteiger partial charge in [-0.25, -0.2) is 14.2 Å². The number of alkyl carbamates (subject to hydrolysis) is 1. The Labute approximate surface area is 109 Å². The lowest BCUT2D eigenvalue weighted by molar-refractivity contribution is 0.146. The Hall–Kier alpha value is -2.37. The minimum absolute atomic E-state index is 0.275. The van der Waals surface area contributed by atoms with E-state index in [2.05, 4.69) is 15.3 Å². The molecule has 0 saturated heterocycles. The third-order valence-corrected chi connectivity index (χ3v) is 2.51. The Morgan fingerprint density at radius 2 is 2.16 bits per heavy atom. The van der Waals surface area contributed by atoms with E-state index in [0.717, 1.165) is 11.3 Å². The number of imidazole rings is 1. The van der Waals surface area contributed by atoms with Crippen LogP contribution in [0.1, 0.15) is 11.3 Å². The van der Waals surface area contributed by atoms with Gasteiger partial charge >= 0.3 is 6.09 Å². The topological polar surface area (TPSA) is 67.0 Å². The molecule has 0 spiro atoms. The van der Waals surface area contributed by atoms with Crippen molar-refractivity contribution in [2.24, 2.45) is 0 Å². The summed E-state index contributed by atoms with van der Waals surface area (Å²) in [7, 11) is 0. The number of hydrogen-bond donors (Lipinski definition) is 2. The first-order chi connectivity index (χ1) is 9.24. The number of aromatic nitrogens is 2. The summed E-state index contributed by atoms with van der Waals surface area (Å²) in [5.74, 6) is -0.300. The molecule has 2 rings (SSSR count). The van der Waals surface area contributed by atoms with Crippen LogP contribution < -0.4 is 5.32 Å². The number of nitrogens with one attached hydrogen (secondary N) is 2. The molecule has 0 fully saturated rings. The summed E-state index contributed by atoms with van der Waals surface area (Å²) in [5.41, 5.74) is 1.72. The van der Waals surface area contributed by atoms with Crippen molar-refractivity contribution >= 4 is 6.09 Å². The number of hydrogen-bond acceptors (Lipinski definition) is 3. The first kappa shape index (κ1) is 13.1. The molecule has 2 aromatic rings. The average molecular weight is 263 g/mol. The zero-order chi connectivity index (χ0) is 13.5. The number of carbonyl (C=O) groups excluding carboxylic acids is 1. The molecule has 0 atom stereocenters. The molecule has 1 amide bonds. The predicted molar refractivity (Wildman–Crippen MR) is 66.9 cm³/mol. The van der Waals surface area contributed by atoms with E-state index in [9.17, 15) is 9.18 Å². The first-order valence-electron chi connectivity index (χ1n) is 5.86. The summed E-state index contributed by atoms with van der Waals surface area (Å²) in [6.07, 6.45) is 3.34. The number of rotatable bonds is 5. The highest BCUT2D eigenvalue weighted by atomic mass is 19.1. The van der Waals surface area contributed by atoms with Crippen molar-refractivity contribution < 1.29 is 13.9 Å². The molecule has 5 nitrogen and oxygen atoms in total. The van der Waals surface area contributed by atoms with E-state index < -0.39 is 6.09 Å². The van der Waals surface area contributed by atoms with Crippen LogP contribution >= 0.6 is 0 Å². The Morgan fingerprint density at radius 3 is 2.84 bits per heavy atom. The van der Waals surface area contributed by atoms with Crippen molar-refractivity contribution in [2.45, 2.75) is 13.0 Å². The van der Waals surface area contributed by atoms with Gasteiger partial charge in [-0.2, -0.15) is 0 Å². The standard InChI is InChI=1S/C13H14FN3O2/c14-11-3-1-10(2-4-11)7-16-13(18)19-6-5-12-8-15-9-17-12/h1-4,8-9H,5-7H2,(H,15,17)(H,16,18). The van der Waals surface area contributed by atoms with Gasteiger partial charge in [0, 0.05) is 24.9 Å². The maximum absolute atomic E-state index is 12.7. The van der Waals surface area contributed by atoms with E-state index in [1.807, 2.05) is 0 Å². The first-order valence-corrected chi connectivity index (χ1v) is 5.86. The minimum Gasteiger partial charge on any atom is -0.449 e. The number of halogens is 1. The molecule has 0 aliphatic carbocycles. The number of ether oxygens (including phenoxy) is 1. The van der Waals surface area contributed by atoms with Gasteiger partial charge in [0.25, 0.3) is 0 Å². The third kappa shape index (κ3) is 4.42. The van der Waals surface area contributed by atoms with E-state index in [4.69, 9.17) is 4.74 Å². The molecule has 0 aliphatic rings. The number of aromatic amines is 1. The molecule has 0 saturated carbocycles. The Kier molecular flexibility index (Phi) is 4.49. The zero-order valence-electron chi connectivity index (χ0n) is 10.2. The average Bonchev–Trinajstić information content (AvgIpc) is 2.91. The molecule has 6 heteroatoms. The quantitative estimate of drug-likeness (QED) is 0.867. The van der Waals surface area contributed by atoms with Crippen LogP contribution in [0.3, 0.4) is 0 Å². The van der Waals surface area contributed by atoms with Gasteiger partial charge in [-0.3, -0.25) is 0 Å². The molecule has 1 aromatic carbocycles. The van der Waals surface area contributed by atoms with Gasteiger partial charge in [0.05, 0.1) is 12.9 Å². The highest BCUT2D eigenvalue weighted by Crippen LogP contribution is 2.02. The molecular weight excluding hydrogens is 249 g/mol. The minimum atomic E-state index is -0.496. The van der Waals surface area contributed by atoms with Gasteiger partial charge in [-0.15, -0.1) is 0 Å². The zero-order valence-corrected chi connectivity index (χ0v) is 10.2. The molecule has 1 heterocycles. The van der Waals surface area contributed by atoms with E-state index >= 15 is 0 Å². The summed E-state index contributed by atoms with van der Waals surface area (Å²) in [4.78, 5) is 18.2. The Balaban J connectivity index is 1.65. The van der Waals surface area contributed by atoms with Gasteiger partial charge in [0.15, 0.2) is 0 Å².